The topological polar surface area (TPSA) is 58.1 Å². The Bertz CT molecular complexity index is 349. The van der Waals surface area contributed by atoms with E-state index in [0.29, 0.717) is 5.69 Å². The Hall–Kier alpha value is -1.01. The molecule has 1 aromatic rings. The summed E-state index contributed by atoms with van der Waals surface area (Å²) >= 11 is 1.21. The molecule has 0 atom stereocenters. The fourth-order valence-electron chi connectivity index (χ4n) is 1.76. The molecule has 0 spiro atoms. The summed E-state index contributed by atoms with van der Waals surface area (Å²) in [7, 11) is 0. The van der Waals surface area contributed by atoms with Crippen molar-refractivity contribution in [2.24, 2.45) is 0 Å². The number of carbonyl (C=O) groups is 1. The van der Waals surface area contributed by atoms with Gasteiger partial charge in [-0.15, -0.1) is 5.10 Å². The summed E-state index contributed by atoms with van der Waals surface area (Å²) in [6.45, 7) is 6.49. The minimum absolute atomic E-state index is 0.0183. The molecule has 6 heteroatoms. The van der Waals surface area contributed by atoms with Crippen molar-refractivity contribution in [3.05, 3.63) is 11.1 Å². The van der Waals surface area contributed by atoms with Crippen molar-refractivity contribution in [1.29, 1.82) is 0 Å². The monoisotopic (exact) mass is 226 g/mol. The molecule has 1 aliphatic rings. The van der Waals surface area contributed by atoms with Gasteiger partial charge in [-0.1, -0.05) is 4.49 Å². The normalized spacial score (nSPS) is 20.3. The lowest BCUT2D eigenvalue weighted by molar-refractivity contribution is 0.0471. The highest BCUT2D eigenvalue weighted by Gasteiger charge is 2.34. The molecule has 0 unspecified atom stereocenters. The Morgan fingerprint density at radius 3 is 3.07 bits per heavy atom. The van der Waals surface area contributed by atoms with Gasteiger partial charge in [0.1, 0.15) is 0 Å². The zero-order valence-corrected chi connectivity index (χ0v) is 9.67. The zero-order chi connectivity index (χ0) is 10.9. The first kappa shape index (κ1) is 10.5. The van der Waals surface area contributed by atoms with Gasteiger partial charge in [0.2, 0.25) is 0 Å². The number of aromatic nitrogens is 2. The van der Waals surface area contributed by atoms with Gasteiger partial charge in [-0.3, -0.25) is 4.79 Å². The van der Waals surface area contributed by atoms with Gasteiger partial charge in [-0.25, -0.2) is 0 Å². The minimum atomic E-state index is -0.154. The number of nitrogens with zero attached hydrogens (tertiary/aromatic N) is 3. The number of amides is 1. The van der Waals surface area contributed by atoms with Crippen LogP contribution in [0.5, 0.6) is 0 Å². The van der Waals surface area contributed by atoms with E-state index in [1.807, 2.05) is 4.90 Å². The molecule has 1 saturated heterocycles. The molecule has 2 heterocycles. The molecular formula is C9H14N4OS. The lowest BCUT2D eigenvalue weighted by Gasteiger charge is -2.42. The zero-order valence-electron chi connectivity index (χ0n) is 8.86. The third-order valence-electron chi connectivity index (χ3n) is 2.62. The van der Waals surface area contributed by atoms with Crippen LogP contribution in [0.2, 0.25) is 0 Å². The maximum Gasteiger partial charge on any atom is 0.275 e. The lowest BCUT2D eigenvalue weighted by atomic mass is 10.00. The van der Waals surface area contributed by atoms with Crippen molar-refractivity contribution in [2.45, 2.75) is 19.4 Å². The van der Waals surface area contributed by atoms with Crippen molar-refractivity contribution in [3.63, 3.8) is 0 Å². The van der Waals surface area contributed by atoms with Crippen molar-refractivity contribution in [3.8, 4) is 0 Å². The van der Waals surface area contributed by atoms with Gasteiger partial charge in [-0.2, -0.15) is 0 Å². The van der Waals surface area contributed by atoms with Crippen LogP contribution in [0.25, 0.3) is 0 Å². The Kier molecular flexibility index (Phi) is 2.70. The van der Waals surface area contributed by atoms with Crippen LogP contribution in [0.1, 0.15) is 24.3 Å². The van der Waals surface area contributed by atoms with Gasteiger partial charge in [-0.05, 0) is 25.4 Å². The second-order valence-electron chi connectivity index (χ2n) is 4.24. The lowest BCUT2D eigenvalue weighted by Crippen LogP contribution is -2.59. The second kappa shape index (κ2) is 3.86. The van der Waals surface area contributed by atoms with Crippen LogP contribution in [0.15, 0.2) is 5.38 Å². The molecule has 0 bridgehead atoms. The van der Waals surface area contributed by atoms with E-state index in [0.717, 1.165) is 19.6 Å². The van der Waals surface area contributed by atoms with Gasteiger partial charge < -0.3 is 10.2 Å². The van der Waals surface area contributed by atoms with E-state index < -0.39 is 0 Å². The number of carbonyl (C=O) groups excluding carboxylic acids is 1. The largest absolute Gasteiger partial charge is 0.330 e. The number of nitrogens with one attached hydrogen (secondary N) is 1. The van der Waals surface area contributed by atoms with Crippen LogP contribution in [-0.4, -0.2) is 45.6 Å². The van der Waals surface area contributed by atoms with Gasteiger partial charge in [0.15, 0.2) is 5.69 Å². The van der Waals surface area contributed by atoms with E-state index in [-0.39, 0.29) is 11.4 Å². The maximum atomic E-state index is 12.1. The Labute approximate surface area is 92.6 Å². The van der Waals surface area contributed by atoms with Crippen molar-refractivity contribution in [1.82, 2.24) is 19.8 Å². The summed E-state index contributed by atoms with van der Waals surface area (Å²) < 4.78 is 3.71. The van der Waals surface area contributed by atoms with E-state index in [9.17, 15) is 4.79 Å². The highest BCUT2D eigenvalue weighted by Crippen LogP contribution is 2.18. The van der Waals surface area contributed by atoms with Gasteiger partial charge in [0.25, 0.3) is 5.91 Å². The standard InChI is InChI=1S/C9H14N4OS/c1-9(2)6-10-3-4-13(9)8(14)7-5-15-12-11-7/h5,10H,3-4,6H2,1-2H3. The summed E-state index contributed by atoms with van der Waals surface area (Å²) in [6, 6.07) is 0. The highest BCUT2D eigenvalue weighted by atomic mass is 32.1. The Balaban J connectivity index is 2.19. The van der Waals surface area contributed by atoms with E-state index in [1.165, 1.54) is 11.5 Å². The van der Waals surface area contributed by atoms with Crippen molar-refractivity contribution in [2.75, 3.05) is 19.6 Å². The quantitative estimate of drug-likeness (QED) is 0.751. The van der Waals surface area contributed by atoms with E-state index in [1.54, 1.807) is 5.38 Å². The average molecular weight is 226 g/mol. The van der Waals surface area contributed by atoms with Crippen LogP contribution in [-0.2, 0) is 0 Å². The first-order chi connectivity index (χ1) is 7.11. The molecule has 1 aromatic heterocycles. The predicted octanol–water partition coefficient (Wildman–Crippen LogP) is 0.362. The summed E-state index contributed by atoms with van der Waals surface area (Å²) in [5.41, 5.74) is 0.300. The summed E-state index contributed by atoms with van der Waals surface area (Å²) in [5.74, 6) is -0.0183. The first-order valence-electron chi connectivity index (χ1n) is 4.91. The summed E-state index contributed by atoms with van der Waals surface area (Å²) in [4.78, 5) is 13.9. The molecule has 1 amide bonds. The van der Waals surface area contributed by atoms with Gasteiger partial charge >= 0.3 is 0 Å². The molecule has 0 aromatic carbocycles. The predicted molar refractivity (Wildman–Crippen MR) is 57.9 cm³/mol. The molecule has 2 rings (SSSR count). The van der Waals surface area contributed by atoms with Crippen LogP contribution in [0.3, 0.4) is 0 Å². The fourth-order valence-corrected chi connectivity index (χ4v) is 2.19. The number of hydrogen-bond donors (Lipinski definition) is 1. The molecule has 1 aliphatic heterocycles. The molecule has 82 valence electrons. The van der Waals surface area contributed by atoms with E-state index in [4.69, 9.17) is 0 Å². The van der Waals surface area contributed by atoms with Crippen LogP contribution >= 0.6 is 11.5 Å². The number of rotatable bonds is 1. The average Bonchev–Trinajstić information content (AvgIpc) is 2.69. The minimum Gasteiger partial charge on any atom is -0.330 e. The first-order valence-corrected chi connectivity index (χ1v) is 5.75. The summed E-state index contributed by atoms with van der Waals surface area (Å²) in [5, 5.41) is 8.79. The molecular weight excluding hydrogens is 212 g/mol. The maximum absolute atomic E-state index is 12.1. The van der Waals surface area contributed by atoms with Crippen LogP contribution in [0, 0.1) is 0 Å². The third-order valence-corrected chi connectivity index (χ3v) is 3.13. The second-order valence-corrected chi connectivity index (χ2v) is 4.85. The van der Waals surface area contributed by atoms with Crippen molar-refractivity contribution < 1.29 is 4.79 Å². The molecule has 5 nitrogen and oxygen atoms in total. The summed E-state index contributed by atoms with van der Waals surface area (Å²) in [6.07, 6.45) is 0. The highest BCUT2D eigenvalue weighted by molar-refractivity contribution is 7.03. The van der Waals surface area contributed by atoms with Crippen LogP contribution in [0.4, 0.5) is 0 Å². The molecule has 0 aliphatic carbocycles. The molecule has 0 radical (unpaired) electrons. The van der Waals surface area contributed by atoms with E-state index in [2.05, 4.69) is 28.8 Å². The number of hydrogen-bond acceptors (Lipinski definition) is 5. The number of piperazine rings is 1. The molecule has 15 heavy (non-hydrogen) atoms. The Morgan fingerprint density at radius 2 is 2.47 bits per heavy atom. The van der Waals surface area contributed by atoms with Gasteiger partial charge in [0, 0.05) is 25.0 Å². The van der Waals surface area contributed by atoms with Crippen molar-refractivity contribution >= 4 is 17.4 Å². The molecule has 1 N–H and O–H groups in total. The SMILES string of the molecule is CC1(C)CNCCN1C(=O)c1csnn1. The smallest absolute Gasteiger partial charge is 0.275 e. The molecule has 0 saturated carbocycles. The molecule has 1 fully saturated rings. The van der Waals surface area contributed by atoms with Gasteiger partial charge in [0.05, 0.1) is 5.54 Å². The Morgan fingerprint density at radius 1 is 1.67 bits per heavy atom. The van der Waals surface area contributed by atoms with E-state index >= 15 is 0 Å². The third kappa shape index (κ3) is 2.00. The van der Waals surface area contributed by atoms with Crippen LogP contribution < -0.4 is 5.32 Å². The fraction of sp³-hybridized carbons (Fsp3) is 0.667.